The number of carbonyl (C=O) groups excluding carboxylic acids is 1. The molecular formula is C18H20N2O4S. The molecule has 132 valence electrons. The summed E-state index contributed by atoms with van der Waals surface area (Å²) in [6.45, 7) is 2.17. The van der Waals surface area contributed by atoms with Crippen LogP contribution >= 0.6 is 11.3 Å². The highest BCUT2D eigenvalue weighted by atomic mass is 32.1. The molecule has 0 aliphatic carbocycles. The van der Waals surface area contributed by atoms with Crippen LogP contribution in [-0.2, 0) is 11.3 Å². The van der Waals surface area contributed by atoms with Crippen LogP contribution in [0.1, 0.15) is 17.7 Å². The molecule has 2 aliphatic heterocycles. The molecule has 1 saturated heterocycles. The lowest BCUT2D eigenvalue weighted by Gasteiger charge is -2.25. The van der Waals surface area contributed by atoms with Gasteiger partial charge in [0.25, 0.3) is 0 Å². The van der Waals surface area contributed by atoms with Crippen molar-refractivity contribution in [2.75, 3.05) is 25.3 Å². The first-order valence-corrected chi connectivity index (χ1v) is 9.25. The molecule has 7 heteroatoms. The largest absolute Gasteiger partial charge is 0.454 e. The van der Waals surface area contributed by atoms with Crippen LogP contribution in [0.15, 0.2) is 35.7 Å². The van der Waals surface area contributed by atoms with E-state index in [1.165, 1.54) is 0 Å². The van der Waals surface area contributed by atoms with Crippen LogP contribution in [0.5, 0.6) is 11.5 Å². The van der Waals surface area contributed by atoms with Crippen molar-refractivity contribution in [1.29, 1.82) is 0 Å². The number of amides is 2. The summed E-state index contributed by atoms with van der Waals surface area (Å²) in [6, 6.07) is 9.32. The number of hydrogen-bond donors (Lipinski definition) is 1. The SMILES string of the molecule is O=C(Nc1ccc2c(c1)OCO2)N(Cc1cccs1)C[C@H]1CCCO1. The maximum atomic E-state index is 12.8. The standard InChI is InChI=1S/C18H20N2O4S/c21-18(19-13-5-6-16-17(9-13)24-12-23-16)20(10-14-3-1-7-22-14)11-15-4-2-8-25-15/h2,4-6,8-9,14H,1,3,7,10-12H2,(H,19,21)/t14-/m1/s1. The van der Waals surface area contributed by atoms with Crippen LogP contribution in [0.4, 0.5) is 10.5 Å². The Bertz CT molecular complexity index is 729. The molecule has 1 N–H and O–H groups in total. The van der Waals surface area contributed by atoms with Gasteiger partial charge in [-0.3, -0.25) is 0 Å². The normalized spacial score (nSPS) is 18.3. The highest BCUT2D eigenvalue weighted by Crippen LogP contribution is 2.34. The van der Waals surface area contributed by atoms with Crippen molar-refractivity contribution in [3.05, 3.63) is 40.6 Å². The van der Waals surface area contributed by atoms with Gasteiger partial charge in [-0.25, -0.2) is 4.79 Å². The molecule has 1 atom stereocenters. The first kappa shape index (κ1) is 16.2. The molecule has 0 spiro atoms. The molecule has 0 radical (unpaired) electrons. The molecule has 3 heterocycles. The second-order valence-corrected chi connectivity index (χ2v) is 7.13. The molecule has 0 saturated carbocycles. The number of urea groups is 1. The van der Waals surface area contributed by atoms with Crippen molar-refractivity contribution in [3.63, 3.8) is 0 Å². The lowest BCUT2D eigenvalue weighted by molar-refractivity contribution is 0.0821. The van der Waals surface area contributed by atoms with Gasteiger partial charge in [0.1, 0.15) is 0 Å². The predicted octanol–water partition coefficient (Wildman–Crippen LogP) is 3.69. The molecule has 2 aromatic rings. The topological polar surface area (TPSA) is 60.0 Å². The number of thiophene rings is 1. The summed E-state index contributed by atoms with van der Waals surface area (Å²) in [5.41, 5.74) is 0.692. The van der Waals surface area contributed by atoms with E-state index in [1.54, 1.807) is 17.4 Å². The lowest BCUT2D eigenvalue weighted by atomic mass is 10.2. The zero-order valence-corrected chi connectivity index (χ0v) is 14.6. The number of fused-ring (bicyclic) bond motifs is 1. The molecule has 2 amide bonds. The average molecular weight is 360 g/mol. The predicted molar refractivity (Wildman–Crippen MR) is 95.3 cm³/mol. The Morgan fingerprint density at radius 3 is 3.00 bits per heavy atom. The van der Waals surface area contributed by atoms with E-state index in [0.29, 0.717) is 30.3 Å². The van der Waals surface area contributed by atoms with Crippen LogP contribution in [0.25, 0.3) is 0 Å². The molecule has 1 fully saturated rings. The third-order valence-electron chi connectivity index (χ3n) is 4.29. The van der Waals surface area contributed by atoms with Crippen molar-refractivity contribution in [2.45, 2.75) is 25.5 Å². The van der Waals surface area contributed by atoms with Gasteiger partial charge in [-0.05, 0) is 36.4 Å². The van der Waals surface area contributed by atoms with Gasteiger partial charge < -0.3 is 24.4 Å². The first-order valence-electron chi connectivity index (χ1n) is 8.37. The van der Waals surface area contributed by atoms with Gasteiger partial charge in [0.15, 0.2) is 11.5 Å². The van der Waals surface area contributed by atoms with Crippen LogP contribution in [0, 0.1) is 0 Å². The Balaban J connectivity index is 1.46. The zero-order chi connectivity index (χ0) is 17.1. The van der Waals surface area contributed by atoms with E-state index in [9.17, 15) is 4.79 Å². The van der Waals surface area contributed by atoms with Crippen molar-refractivity contribution >= 4 is 23.1 Å². The smallest absolute Gasteiger partial charge is 0.322 e. The Morgan fingerprint density at radius 2 is 2.20 bits per heavy atom. The minimum absolute atomic E-state index is 0.113. The van der Waals surface area contributed by atoms with E-state index in [4.69, 9.17) is 14.2 Å². The fourth-order valence-electron chi connectivity index (χ4n) is 3.02. The highest BCUT2D eigenvalue weighted by molar-refractivity contribution is 7.09. The van der Waals surface area contributed by atoms with Crippen LogP contribution < -0.4 is 14.8 Å². The fourth-order valence-corrected chi connectivity index (χ4v) is 3.74. The average Bonchev–Trinajstić information content (AvgIpc) is 3.36. The highest BCUT2D eigenvalue weighted by Gasteiger charge is 2.23. The number of rotatable bonds is 5. The summed E-state index contributed by atoms with van der Waals surface area (Å²) in [5, 5.41) is 4.98. The number of hydrogen-bond acceptors (Lipinski definition) is 5. The van der Waals surface area contributed by atoms with Gasteiger partial charge in [-0.1, -0.05) is 6.07 Å². The summed E-state index contributed by atoms with van der Waals surface area (Å²) in [7, 11) is 0. The van der Waals surface area contributed by atoms with Gasteiger partial charge in [0, 0.05) is 29.8 Å². The summed E-state index contributed by atoms with van der Waals surface area (Å²) in [5.74, 6) is 1.36. The molecule has 25 heavy (non-hydrogen) atoms. The van der Waals surface area contributed by atoms with Gasteiger partial charge in [0.05, 0.1) is 12.6 Å². The number of nitrogens with one attached hydrogen (secondary N) is 1. The number of nitrogens with zero attached hydrogens (tertiary/aromatic N) is 1. The zero-order valence-electron chi connectivity index (χ0n) is 13.8. The Morgan fingerprint density at radius 1 is 1.28 bits per heavy atom. The van der Waals surface area contributed by atoms with E-state index < -0.39 is 0 Å². The maximum absolute atomic E-state index is 12.8. The van der Waals surface area contributed by atoms with Gasteiger partial charge >= 0.3 is 6.03 Å². The summed E-state index contributed by atoms with van der Waals surface area (Å²) in [6.07, 6.45) is 2.17. The Hall–Kier alpha value is -2.25. The van der Waals surface area contributed by atoms with Crippen LogP contribution in [-0.4, -0.2) is 37.0 Å². The van der Waals surface area contributed by atoms with Crippen LogP contribution in [0.2, 0.25) is 0 Å². The number of ether oxygens (including phenoxy) is 3. The van der Waals surface area contributed by atoms with E-state index in [0.717, 1.165) is 24.3 Å². The monoisotopic (exact) mass is 360 g/mol. The van der Waals surface area contributed by atoms with Gasteiger partial charge in [-0.15, -0.1) is 11.3 Å². The molecule has 1 aromatic carbocycles. The van der Waals surface area contributed by atoms with Crippen molar-refractivity contribution in [3.8, 4) is 11.5 Å². The molecular weight excluding hydrogens is 340 g/mol. The molecule has 0 unspecified atom stereocenters. The molecule has 1 aromatic heterocycles. The summed E-state index contributed by atoms with van der Waals surface area (Å²) in [4.78, 5) is 15.8. The third kappa shape index (κ3) is 3.88. The van der Waals surface area contributed by atoms with E-state index in [-0.39, 0.29) is 18.9 Å². The Labute approximate surface area is 150 Å². The summed E-state index contributed by atoms with van der Waals surface area (Å²) >= 11 is 1.65. The second-order valence-electron chi connectivity index (χ2n) is 6.09. The van der Waals surface area contributed by atoms with Crippen LogP contribution in [0.3, 0.4) is 0 Å². The van der Waals surface area contributed by atoms with Gasteiger partial charge in [-0.2, -0.15) is 0 Å². The molecule has 0 bridgehead atoms. The van der Waals surface area contributed by atoms with Crippen molar-refractivity contribution < 1.29 is 19.0 Å². The number of benzene rings is 1. The van der Waals surface area contributed by atoms with E-state index in [1.807, 2.05) is 34.5 Å². The van der Waals surface area contributed by atoms with Crippen molar-refractivity contribution in [1.82, 2.24) is 4.90 Å². The van der Waals surface area contributed by atoms with E-state index in [2.05, 4.69) is 5.32 Å². The minimum atomic E-state index is -0.136. The van der Waals surface area contributed by atoms with Crippen molar-refractivity contribution in [2.24, 2.45) is 0 Å². The summed E-state index contributed by atoms with van der Waals surface area (Å²) < 4.78 is 16.4. The fraction of sp³-hybridized carbons (Fsp3) is 0.389. The number of carbonyl (C=O) groups is 1. The quantitative estimate of drug-likeness (QED) is 0.883. The molecule has 6 nitrogen and oxygen atoms in total. The molecule has 4 rings (SSSR count). The second kappa shape index (κ2) is 7.33. The maximum Gasteiger partial charge on any atom is 0.322 e. The minimum Gasteiger partial charge on any atom is -0.454 e. The third-order valence-corrected chi connectivity index (χ3v) is 5.15. The first-order chi connectivity index (χ1) is 12.3. The number of anilines is 1. The van der Waals surface area contributed by atoms with Gasteiger partial charge in [0.2, 0.25) is 6.79 Å². The molecule has 2 aliphatic rings. The van der Waals surface area contributed by atoms with E-state index >= 15 is 0 Å². The lowest BCUT2D eigenvalue weighted by Crippen LogP contribution is -2.39. The Kier molecular flexibility index (Phi) is 4.76.